The first-order valence-electron chi connectivity index (χ1n) is 9.28. The lowest BCUT2D eigenvalue weighted by molar-refractivity contribution is -0.137. The lowest BCUT2D eigenvalue weighted by atomic mass is 10.2. The molecule has 30 heavy (non-hydrogen) atoms. The molecule has 1 heterocycles. The van der Waals surface area contributed by atoms with Gasteiger partial charge in [-0.15, -0.1) is 0 Å². The van der Waals surface area contributed by atoms with Gasteiger partial charge >= 0.3 is 5.97 Å². The van der Waals surface area contributed by atoms with Crippen LogP contribution in [0, 0.1) is 11.3 Å². The zero-order valence-corrected chi connectivity index (χ0v) is 16.6. The summed E-state index contributed by atoms with van der Waals surface area (Å²) in [5.74, 6) is -0.784. The normalized spacial score (nSPS) is 12.5. The minimum Gasteiger partial charge on any atom is -0.482 e. The van der Waals surface area contributed by atoms with Crippen LogP contribution in [0.1, 0.15) is 19.4 Å². The third kappa shape index (κ3) is 4.64. The van der Waals surface area contributed by atoms with Crippen LogP contribution in [-0.2, 0) is 14.3 Å². The van der Waals surface area contributed by atoms with E-state index in [0.29, 0.717) is 28.4 Å². The fourth-order valence-electron chi connectivity index (χ4n) is 2.84. The van der Waals surface area contributed by atoms with Crippen LogP contribution in [0.15, 0.2) is 64.8 Å². The van der Waals surface area contributed by atoms with Gasteiger partial charge in [0.05, 0.1) is 23.5 Å². The molecule has 0 aromatic heterocycles. The SMILES string of the molecule is CCOC(=O)C1=C(C)Nc2ccccc2N=C1NC(=O)COc1ccccc1C#N. The van der Waals surface area contributed by atoms with Crippen molar-refractivity contribution in [3.63, 3.8) is 0 Å². The number of amides is 1. The summed E-state index contributed by atoms with van der Waals surface area (Å²) in [6, 6.07) is 15.8. The average Bonchev–Trinajstić information content (AvgIpc) is 2.87. The van der Waals surface area contributed by atoms with E-state index < -0.39 is 11.9 Å². The minimum atomic E-state index is -0.606. The topological polar surface area (TPSA) is 113 Å². The summed E-state index contributed by atoms with van der Waals surface area (Å²) in [5.41, 5.74) is 2.19. The quantitative estimate of drug-likeness (QED) is 0.741. The van der Waals surface area contributed by atoms with E-state index >= 15 is 0 Å². The summed E-state index contributed by atoms with van der Waals surface area (Å²) < 4.78 is 10.6. The molecule has 0 fully saturated rings. The molecular formula is C22H20N4O4. The standard InChI is InChI=1S/C22H20N4O4/c1-3-29-22(28)20-14(2)24-16-9-5-6-10-17(16)25-21(20)26-19(27)13-30-18-11-7-4-8-15(18)12-23/h4-11,24H,3,13H2,1-2H3,(H,25,26,27). The van der Waals surface area contributed by atoms with Crippen LogP contribution in [0.25, 0.3) is 0 Å². The van der Waals surface area contributed by atoms with E-state index in [1.807, 2.05) is 18.2 Å². The number of amidine groups is 1. The van der Waals surface area contributed by atoms with Crippen LogP contribution < -0.4 is 15.4 Å². The third-order valence-corrected chi connectivity index (χ3v) is 4.17. The van der Waals surface area contributed by atoms with Gasteiger partial charge < -0.3 is 20.1 Å². The molecule has 0 bridgehead atoms. The van der Waals surface area contributed by atoms with E-state index in [2.05, 4.69) is 15.6 Å². The Balaban J connectivity index is 1.85. The van der Waals surface area contributed by atoms with E-state index in [1.54, 1.807) is 50.2 Å². The Morgan fingerprint density at radius 1 is 1.17 bits per heavy atom. The number of esters is 1. The molecule has 2 N–H and O–H groups in total. The Bertz CT molecular complexity index is 1080. The molecule has 3 rings (SSSR count). The summed E-state index contributed by atoms with van der Waals surface area (Å²) >= 11 is 0. The summed E-state index contributed by atoms with van der Waals surface area (Å²) in [5, 5.41) is 14.9. The molecule has 1 amide bonds. The predicted octanol–water partition coefficient (Wildman–Crippen LogP) is 3.05. The number of para-hydroxylation sites is 3. The van der Waals surface area contributed by atoms with Crippen LogP contribution in [0.5, 0.6) is 5.75 Å². The highest BCUT2D eigenvalue weighted by atomic mass is 16.5. The summed E-state index contributed by atoms with van der Waals surface area (Å²) in [7, 11) is 0. The maximum Gasteiger partial charge on any atom is 0.343 e. The summed E-state index contributed by atoms with van der Waals surface area (Å²) in [6.07, 6.45) is 0. The van der Waals surface area contributed by atoms with E-state index in [1.165, 1.54) is 0 Å². The molecular weight excluding hydrogens is 384 g/mol. The second-order valence-corrected chi connectivity index (χ2v) is 6.27. The van der Waals surface area contributed by atoms with E-state index in [4.69, 9.17) is 14.7 Å². The monoisotopic (exact) mass is 404 g/mol. The van der Waals surface area contributed by atoms with Gasteiger partial charge in [0.2, 0.25) is 0 Å². The average molecular weight is 404 g/mol. The van der Waals surface area contributed by atoms with Crippen LogP contribution in [0.4, 0.5) is 11.4 Å². The van der Waals surface area contributed by atoms with Gasteiger partial charge in [-0.2, -0.15) is 5.26 Å². The number of benzene rings is 2. The molecule has 8 nitrogen and oxygen atoms in total. The van der Waals surface area contributed by atoms with Gasteiger partial charge in [-0.1, -0.05) is 24.3 Å². The molecule has 152 valence electrons. The number of carbonyl (C=O) groups is 2. The Morgan fingerprint density at radius 2 is 1.90 bits per heavy atom. The number of hydrogen-bond acceptors (Lipinski definition) is 7. The maximum atomic E-state index is 12.5. The van der Waals surface area contributed by atoms with Crippen LogP contribution in [-0.4, -0.2) is 30.9 Å². The molecule has 2 aromatic carbocycles. The molecule has 8 heteroatoms. The molecule has 0 spiro atoms. The van der Waals surface area contributed by atoms with Gasteiger partial charge in [0, 0.05) is 5.70 Å². The number of ether oxygens (including phenoxy) is 2. The number of carbonyl (C=O) groups excluding carboxylic acids is 2. The molecule has 0 saturated carbocycles. The van der Waals surface area contributed by atoms with Crippen molar-refractivity contribution in [1.29, 1.82) is 5.26 Å². The Kier molecular flexibility index (Phi) is 6.45. The Morgan fingerprint density at radius 3 is 2.67 bits per heavy atom. The molecule has 1 aliphatic heterocycles. The number of allylic oxidation sites excluding steroid dienone is 1. The minimum absolute atomic E-state index is 0.0607. The number of nitrogens with zero attached hydrogens (tertiary/aromatic N) is 2. The fourth-order valence-corrected chi connectivity index (χ4v) is 2.84. The summed E-state index contributed by atoms with van der Waals surface area (Å²) in [6.45, 7) is 3.22. The largest absolute Gasteiger partial charge is 0.482 e. The molecule has 0 atom stereocenters. The molecule has 0 unspecified atom stereocenters. The van der Waals surface area contributed by atoms with Gasteiger partial charge in [0.15, 0.2) is 6.61 Å². The number of rotatable bonds is 5. The van der Waals surface area contributed by atoms with Crippen LogP contribution in [0.2, 0.25) is 0 Å². The smallest absolute Gasteiger partial charge is 0.343 e. The number of aliphatic imine (C=N–C) groups is 1. The molecule has 0 aliphatic carbocycles. The van der Waals surface area contributed by atoms with Gasteiger partial charge in [-0.25, -0.2) is 9.79 Å². The number of fused-ring (bicyclic) bond motifs is 1. The van der Waals surface area contributed by atoms with E-state index in [0.717, 1.165) is 0 Å². The second kappa shape index (κ2) is 9.39. The highest BCUT2D eigenvalue weighted by Gasteiger charge is 2.26. The lowest BCUT2D eigenvalue weighted by Crippen LogP contribution is -2.38. The maximum absolute atomic E-state index is 12.5. The summed E-state index contributed by atoms with van der Waals surface area (Å²) in [4.78, 5) is 29.6. The van der Waals surface area contributed by atoms with Crippen molar-refractivity contribution in [2.45, 2.75) is 13.8 Å². The third-order valence-electron chi connectivity index (χ3n) is 4.17. The Labute approximate surface area is 173 Å². The molecule has 0 saturated heterocycles. The van der Waals surface area contributed by atoms with Crippen molar-refractivity contribution >= 4 is 29.1 Å². The van der Waals surface area contributed by atoms with Crippen molar-refractivity contribution < 1.29 is 19.1 Å². The number of hydrogen-bond donors (Lipinski definition) is 2. The second-order valence-electron chi connectivity index (χ2n) is 6.27. The predicted molar refractivity (Wildman–Crippen MR) is 111 cm³/mol. The first kappa shape index (κ1) is 20.6. The van der Waals surface area contributed by atoms with Crippen LogP contribution in [0.3, 0.4) is 0 Å². The molecule has 0 radical (unpaired) electrons. The van der Waals surface area contributed by atoms with Crippen LogP contribution >= 0.6 is 0 Å². The lowest BCUT2D eigenvalue weighted by Gasteiger charge is -2.14. The van der Waals surface area contributed by atoms with Crippen molar-refractivity contribution in [2.24, 2.45) is 4.99 Å². The molecule has 2 aromatic rings. The van der Waals surface area contributed by atoms with Gasteiger partial charge in [0.1, 0.15) is 23.2 Å². The highest BCUT2D eigenvalue weighted by Crippen LogP contribution is 2.30. The van der Waals surface area contributed by atoms with Gasteiger partial charge in [-0.05, 0) is 38.1 Å². The van der Waals surface area contributed by atoms with Crippen molar-refractivity contribution in [1.82, 2.24) is 5.32 Å². The van der Waals surface area contributed by atoms with Gasteiger partial charge in [-0.3, -0.25) is 4.79 Å². The highest BCUT2D eigenvalue weighted by molar-refractivity contribution is 6.24. The Hall–Kier alpha value is -4.12. The zero-order chi connectivity index (χ0) is 21.5. The van der Waals surface area contributed by atoms with Gasteiger partial charge in [0.25, 0.3) is 5.91 Å². The fraction of sp³-hybridized carbons (Fsp3) is 0.182. The first-order valence-corrected chi connectivity index (χ1v) is 9.28. The first-order chi connectivity index (χ1) is 14.5. The van der Waals surface area contributed by atoms with E-state index in [-0.39, 0.29) is 24.6 Å². The zero-order valence-electron chi connectivity index (χ0n) is 16.6. The number of nitrogens with one attached hydrogen (secondary N) is 2. The van der Waals surface area contributed by atoms with Crippen molar-refractivity contribution in [2.75, 3.05) is 18.5 Å². The van der Waals surface area contributed by atoms with E-state index in [9.17, 15) is 9.59 Å². The van der Waals surface area contributed by atoms with Crippen molar-refractivity contribution in [3.8, 4) is 11.8 Å². The number of anilines is 1. The molecule has 1 aliphatic rings. The number of nitriles is 1. The van der Waals surface area contributed by atoms with Crippen molar-refractivity contribution in [3.05, 3.63) is 65.4 Å².